The van der Waals surface area contributed by atoms with Crippen LogP contribution in [-0.4, -0.2) is 44.0 Å². The molecule has 0 aromatic heterocycles. The van der Waals surface area contributed by atoms with Gasteiger partial charge in [-0.25, -0.2) is 0 Å². The van der Waals surface area contributed by atoms with Crippen LogP contribution in [-0.2, 0) is 11.3 Å². The minimum atomic E-state index is 0.0427. The van der Waals surface area contributed by atoms with Gasteiger partial charge in [-0.1, -0.05) is 37.6 Å². The molecule has 2 amide bonds. The molecule has 3 rings (SSSR count). The molecule has 2 aromatic carbocycles. The summed E-state index contributed by atoms with van der Waals surface area (Å²) in [4.78, 5) is 27.3. The quantitative estimate of drug-likeness (QED) is 0.698. The van der Waals surface area contributed by atoms with Crippen LogP contribution in [0.2, 0.25) is 0 Å². The van der Waals surface area contributed by atoms with Crippen molar-refractivity contribution in [3.05, 3.63) is 59.7 Å². The number of hydrogen-bond acceptors (Lipinski definition) is 4. The highest BCUT2D eigenvalue weighted by Gasteiger charge is 2.32. The summed E-state index contributed by atoms with van der Waals surface area (Å²) in [6.45, 7) is 3.98. The maximum absolute atomic E-state index is 12.8. The normalized spacial score (nSPS) is 18.4. The van der Waals surface area contributed by atoms with Gasteiger partial charge in [0.25, 0.3) is 5.91 Å². The van der Waals surface area contributed by atoms with E-state index in [1.165, 1.54) is 0 Å². The number of amides is 2. The van der Waals surface area contributed by atoms with Crippen molar-refractivity contribution >= 4 is 11.8 Å². The summed E-state index contributed by atoms with van der Waals surface area (Å²) in [5.41, 5.74) is 1.68. The van der Waals surface area contributed by atoms with Gasteiger partial charge in [0, 0.05) is 31.6 Å². The van der Waals surface area contributed by atoms with Crippen LogP contribution in [0.25, 0.3) is 0 Å². The van der Waals surface area contributed by atoms with Crippen molar-refractivity contribution in [3.63, 3.8) is 0 Å². The lowest BCUT2D eigenvalue weighted by molar-refractivity contribution is -0.123. The minimum absolute atomic E-state index is 0.0427. The van der Waals surface area contributed by atoms with Crippen molar-refractivity contribution < 1.29 is 19.1 Å². The number of rotatable bonds is 8. The fourth-order valence-corrected chi connectivity index (χ4v) is 4.26. The Balaban J connectivity index is 1.53. The molecule has 166 valence electrons. The average Bonchev–Trinajstić information content (AvgIpc) is 2.82. The Morgan fingerprint density at radius 2 is 1.77 bits per heavy atom. The highest BCUT2D eigenvalue weighted by atomic mass is 16.5. The van der Waals surface area contributed by atoms with Gasteiger partial charge in [0.05, 0.1) is 14.2 Å². The summed E-state index contributed by atoms with van der Waals surface area (Å²) in [5, 5.41) is 3.02. The molecule has 0 spiro atoms. The number of carbonyl (C=O) groups excluding carboxylic acids is 2. The van der Waals surface area contributed by atoms with Crippen molar-refractivity contribution in [2.24, 2.45) is 11.8 Å². The molecule has 31 heavy (non-hydrogen) atoms. The Bertz CT molecular complexity index is 884. The molecule has 1 heterocycles. The molecule has 1 aliphatic rings. The lowest BCUT2D eigenvalue weighted by Gasteiger charge is -2.38. The number of piperidine rings is 1. The predicted octanol–water partition coefficient (Wildman–Crippen LogP) is 3.90. The second-order valence-electron chi connectivity index (χ2n) is 8.00. The lowest BCUT2D eigenvalue weighted by atomic mass is 9.81. The van der Waals surface area contributed by atoms with Gasteiger partial charge in [-0.2, -0.15) is 0 Å². The fourth-order valence-electron chi connectivity index (χ4n) is 4.26. The van der Waals surface area contributed by atoms with E-state index in [1.54, 1.807) is 14.2 Å². The molecule has 1 saturated heterocycles. The van der Waals surface area contributed by atoms with Crippen LogP contribution in [0.4, 0.5) is 0 Å². The van der Waals surface area contributed by atoms with Gasteiger partial charge in [-0.3, -0.25) is 9.59 Å². The molecule has 2 unspecified atom stereocenters. The first-order chi connectivity index (χ1) is 15.0. The van der Waals surface area contributed by atoms with Crippen molar-refractivity contribution in [2.75, 3.05) is 27.3 Å². The maximum atomic E-state index is 12.8. The molecule has 0 saturated carbocycles. The Labute approximate surface area is 184 Å². The number of nitrogens with one attached hydrogen (secondary N) is 1. The predicted molar refractivity (Wildman–Crippen MR) is 120 cm³/mol. The van der Waals surface area contributed by atoms with Crippen molar-refractivity contribution in [1.29, 1.82) is 0 Å². The molecule has 0 radical (unpaired) electrons. The molecule has 6 heteroatoms. The minimum Gasteiger partial charge on any atom is -0.493 e. The Hall–Kier alpha value is -3.02. The number of methoxy groups -OCH3 is 2. The van der Waals surface area contributed by atoms with E-state index in [1.807, 2.05) is 53.4 Å². The van der Waals surface area contributed by atoms with Crippen LogP contribution in [0.3, 0.4) is 0 Å². The van der Waals surface area contributed by atoms with Crippen LogP contribution in [0.5, 0.6) is 11.5 Å². The molecule has 0 bridgehead atoms. The van der Waals surface area contributed by atoms with E-state index >= 15 is 0 Å². The summed E-state index contributed by atoms with van der Waals surface area (Å²) < 4.78 is 10.6. The highest BCUT2D eigenvalue weighted by Crippen LogP contribution is 2.30. The summed E-state index contributed by atoms with van der Waals surface area (Å²) >= 11 is 0. The first-order valence-corrected chi connectivity index (χ1v) is 10.9. The smallest absolute Gasteiger partial charge is 0.253 e. The van der Waals surface area contributed by atoms with Crippen molar-refractivity contribution in [2.45, 2.75) is 32.7 Å². The van der Waals surface area contributed by atoms with Crippen LogP contribution in [0.1, 0.15) is 42.1 Å². The molecular weight excluding hydrogens is 392 g/mol. The topological polar surface area (TPSA) is 67.9 Å². The van der Waals surface area contributed by atoms with Crippen LogP contribution >= 0.6 is 0 Å². The molecule has 1 aliphatic heterocycles. The summed E-state index contributed by atoms with van der Waals surface area (Å²) in [6, 6.07) is 15.0. The summed E-state index contributed by atoms with van der Waals surface area (Å²) in [5.74, 6) is 2.05. The SMILES string of the molecule is CCC1CN(C(=O)c2ccccc2)CCC1CC(=O)NCc1ccc(OC)c(OC)c1. The van der Waals surface area contributed by atoms with Crippen LogP contribution in [0.15, 0.2) is 48.5 Å². The van der Waals surface area contributed by atoms with E-state index in [-0.39, 0.29) is 17.7 Å². The molecule has 0 aliphatic carbocycles. The number of hydrogen-bond donors (Lipinski definition) is 1. The van der Waals surface area contributed by atoms with Crippen LogP contribution < -0.4 is 14.8 Å². The van der Waals surface area contributed by atoms with Gasteiger partial charge in [-0.15, -0.1) is 0 Å². The maximum Gasteiger partial charge on any atom is 0.253 e. The second-order valence-corrected chi connectivity index (χ2v) is 8.00. The van der Waals surface area contributed by atoms with Gasteiger partial charge >= 0.3 is 0 Å². The van der Waals surface area contributed by atoms with Gasteiger partial charge in [0.15, 0.2) is 11.5 Å². The zero-order chi connectivity index (χ0) is 22.2. The molecule has 2 aromatic rings. The van der Waals surface area contributed by atoms with Gasteiger partial charge in [0.1, 0.15) is 0 Å². The molecule has 1 N–H and O–H groups in total. The summed E-state index contributed by atoms with van der Waals surface area (Å²) in [6.07, 6.45) is 2.28. The number of ether oxygens (including phenoxy) is 2. The van der Waals surface area contributed by atoms with Gasteiger partial charge < -0.3 is 19.7 Å². The second kappa shape index (κ2) is 10.8. The standard InChI is InChI=1S/C25H32N2O4/c1-4-19-17-27(25(29)20-8-6-5-7-9-20)13-12-21(19)15-24(28)26-16-18-10-11-22(30-2)23(14-18)31-3/h5-11,14,19,21H,4,12-13,15-17H2,1-3H3,(H,26,28). The van der Waals surface area contributed by atoms with Crippen LogP contribution in [0, 0.1) is 11.8 Å². The van der Waals surface area contributed by atoms with E-state index in [2.05, 4.69) is 12.2 Å². The third-order valence-electron chi connectivity index (χ3n) is 6.11. The number of nitrogens with zero attached hydrogens (tertiary/aromatic N) is 1. The Morgan fingerprint density at radius 1 is 1.03 bits per heavy atom. The zero-order valence-corrected chi connectivity index (χ0v) is 18.6. The first kappa shape index (κ1) is 22.7. The van der Waals surface area contributed by atoms with E-state index < -0.39 is 0 Å². The number of benzene rings is 2. The summed E-state index contributed by atoms with van der Waals surface area (Å²) in [7, 11) is 3.20. The van der Waals surface area contributed by atoms with E-state index in [9.17, 15) is 9.59 Å². The lowest BCUT2D eigenvalue weighted by Crippen LogP contribution is -2.44. The monoisotopic (exact) mass is 424 g/mol. The van der Waals surface area contributed by atoms with Gasteiger partial charge in [0.2, 0.25) is 5.91 Å². The zero-order valence-electron chi connectivity index (χ0n) is 18.6. The Morgan fingerprint density at radius 3 is 2.45 bits per heavy atom. The third kappa shape index (κ3) is 5.78. The number of likely N-dealkylation sites (tertiary alicyclic amines) is 1. The molecule has 2 atom stereocenters. The molecular formula is C25H32N2O4. The van der Waals surface area contributed by atoms with E-state index in [4.69, 9.17) is 9.47 Å². The third-order valence-corrected chi connectivity index (χ3v) is 6.11. The van der Waals surface area contributed by atoms with E-state index in [0.29, 0.717) is 43.5 Å². The van der Waals surface area contributed by atoms with Crippen molar-refractivity contribution in [1.82, 2.24) is 10.2 Å². The first-order valence-electron chi connectivity index (χ1n) is 10.9. The fraction of sp³-hybridized carbons (Fsp3) is 0.440. The molecule has 1 fully saturated rings. The molecule has 6 nitrogen and oxygen atoms in total. The average molecular weight is 425 g/mol. The highest BCUT2D eigenvalue weighted by molar-refractivity contribution is 5.94. The van der Waals surface area contributed by atoms with Gasteiger partial charge in [-0.05, 0) is 48.1 Å². The van der Waals surface area contributed by atoms with Crippen molar-refractivity contribution in [3.8, 4) is 11.5 Å². The van der Waals surface area contributed by atoms with E-state index in [0.717, 1.165) is 24.0 Å². The Kier molecular flexibility index (Phi) is 7.93. The number of carbonyl (C=O) groups is 2. The largest absolute Gasteiger partial charge is 0.493 e.